The number of carbonyl (C=O) groups is 3. The molecule has 2 aliphatic rings. The van der Waals surface area contributed by atoms with E-state index in [1.807, 2.05) is 0 Å². The lowest BCUT2D eigenvalue weighted by atomic mass is 9.96. The number of amides is 1. The number of hydrogen-bond donors (Lipinski definition) is 3. The fraction of sp³-hybridized carbons (Fsp3) is 0.444. The minimum atomic E-state index is -4.79. The smallest absolute Gasteiger partial charge is 0.459 e. The van der Waals surface area contributed by atoms with Crippen LogP contribution in [0.25, 0.3) is 10.8 Å². The van der Waals surface area contributed by atoms with Crippen LogP contribution in [0.2, 0.25) is 0 Å². The number of Topliss-reactive ketones (excluding diaryl/α,β-unsaturated/α-hetero) is 1. The van der Waals surface area contributed by atoms with Gasteiger partial charge in [0.15, 0.2) is 17.7 Å². The third kappa shape index (κ3) is 6.92. The molecule has 0 radical (unpaired) electrons. The molecule has 43 heavy (non-hydrogen) atoms. The Labute approximate surface area is 243 Å². The molecule has 0 bridgehead atoms. The molecule has 0 saturated carbocycles. The zero-order chi connectivity index (χ0) is 31.7. The maximum Gasteiger partial charge on any atom is 0.459 e. The molecule has 2 aromatic rings. The highest BCUT2D eigenvalue weighted by Gasteiger charge is 2.63. The van der Waals surface area contributed by atoms with E-state index in [-0.39, 0.29) is 5.75 Å². The van der Waals surface area contributed by atoms with Crippen LogP contribution in [0, 0.1) is 0 Å². The molecule has 0 spiro atoms. The van der Waals surface area contributed by atoms with E-state index in [1.54, 1.807) is 44.2 Å². The SMILES string of the molecule is CC(C)OC(=O)[C@H](C)NP(=O)(OC[C@@]1(C(F)F)O[C@@H](N2C=C(F)C(=O)CC2=O)[C@H](O)[C@H]1O)Oc1ccc2ccccc2c1. The summed E-state index contributed by atoms with van der Waals surface area (Å²) in [7, 11) is -4.79. The number of fused-ring (bicyclic) bond motifs is 1. The zero-order valence-electron chi connectivity index (χ0n) is 23.2. The van der Waals surface area contributed by atoms with Gasteiger partial charge < -0.3 is 24.2 Å². The molecule has 1 fully saturated rings. The minimum Gasteiger partial charge on any atom is -0.462 e. The molecule has 4 rings (SSSR count). The lowest BCUT2D eigenvalue weighted by Crippen LogP contribution is -2.53. The molecule has 3 N–H and O–H groups in total. The van der Waals surface area contributed by atoms with Crippen LogP contribution in [0.5, 0.6) is 5.75 Å². The summed E-state index contributed by atoms with van der Waals surface area (Å²) in [5, 5.41) is 25.0. The van der Waals surface area contributed by atoms with Gasteiger partial charge in [0.2, 0.25) is 11.7 Å². The van der Waals surface area contributed by atoms with Crippen LogP contribution in [0.15, 0.2) is 54.5 Å². The van der Waals surface area contributed by atoms with Crippen molar-refractivity contribution in [3.05, 3.63) is 54.5 Å². The fourth-order valence-corrected chi connectivity index (χ4v) is 5.97. The van der Waals surface area contributed by atoms with E-state index in [4.69, 9.17) is 18.5 Å². The van der Waals surface area contributed by atoms with Gasteiger partial charge in [0.1, 0.15) is 24.0 Å². The largest absolute Gasteiger partial charge is 0.462 e. The Bertz CT molecular complexity index is 1470. The van der Waals surface area contributed by atoms with Gasteiger partial charge in [-0.25, -0.2) is 17.7 Å². The first-order valence-corrected chi connectivity index (χ1v) is 14.6. The first-order valence-electron chi connectivity index (χ1n) is 13.1. The Morgan fingerprint density at radius 2 is 1.84 bits per heavy atom. The van der Waals surface area contributed by atoms with E-state index in [0.29, 0.717) is 16.5 Å². The number of allylic oxidation sites excluding steroid dienone is 1. The second-order valence-electron chi connectivity index (χ2n) is 10.3. The number of ketones is 1. The summed E-state index contributed by atoms with van der Waals surface area (Å²) in [5.74, 6) is -4.56. The van der Waals surface area contributed by atoms with Crippen LogP contribution in [-0.4, -0.2) is 82.0 Å². The molecule has 0 aromatic heterocycles. The van der Waals surface area contributed by atoms with E-state index < -0.39 is 86.9 Å². The van der Waals surface area contributed by atoms with Gasteiger partial charge >= 0.3 is 13.7 Å². The van der Waals surface area contributed by atoms with Crippen molar-refractivity contribution in [1.82, 2.24) is 9.99 Å². The van der Waals surface area contributed by atoms with Gasteiger partial charge in [-0.2, -0.15) is 5.09 Å². The molecular weight excluding hydrogens is 600 g/mol. The van der Waals surface area contributed by atoms with Gasteiger partial charge in [0.25, 0.3) is 6.43 Å². The van der Waals surface area contributed by atoms with Crippen LogP contribution in [0.3, 0.4) is 0 Å². The number of carbonyl (C=O) groups excluding carboxylic acids is 3. The van der Waals surface area contributed by atoms with Gasteiger partial charge in [-0.15, -0.1) is 0 Å². The molecule has 16 heteroatoms. The van der Waals surface area contributed by atoms with Crippen LogP contribution in [-0.2, 0) is 32.9 Å². The van der Waals surface area contributed by atoms with E-state index >= 15 is 0 Å². The molecule has 2 aliphatic heterocycles. The number of esters is 1. The highest BCUT2D eigenvalue weighted by molar-refractivity contribution is 7.52. The van der Waals surface area contributed by atoms with Crippen molar-refractivity contribution in [1.29, 1.82) is 0 Å². The molecule has 0 aliphatic carbocycles. The van der Waals surface area contributed by atoms with Gasteiger partial charge in [-0.1, -0.05) is 30.3 Å². The molecule has 12 nitrogen and oxygen atoms in total. The summed E-state index contributed by atoms with van der Waals surface area (Å²) in [4.78, 5) is 36.7. The van der Waals surface area contributed by atoms with Crippen LogP contribution < -0.4 is 9.61 Å². The van der Waals surface area contributed by atoms with E-state index in [2.05, 4.69) is 5.09 Å². The standard InChI is InChI=1S/C27H30F3N2O10P/c1-14(2)40-25(37)15(3)31-43(38,42-18-9-8-16-6-4-5-7-17(16)10-18)39-13-27(26(29)30)23(36)22(35)24(41-27)32-12-19(28)20(33)11-21(32)34/h4-10,12,14-15,22-24,26,35-36H,11,13H2,1-3H3,(H,31,38)/t15-,22+,23+,24+,27+,43?/m0/s1. The number of hydrogen-bond acceptors (Lipinski definition) is 10. The molecule has 1 saturated heterocycles. The van der Waals surface area contributed by atoms with Gasteiger partial charge in [-0.3, -0.25) is 23.8 Å². The minimum absolute atomic E-state index is 0.0416. The predicted molar refractivity (Wildman–Crippen MR) is 143 cm³/mol. The number of aliphatic hydroxyl groups excluding tert-OH is 2. The average molecular weight is 631 g/mol. The van der Waals surface area contributed by atoms with Crippen molar-refractivity contribution in [3.63, 3.8) is 0 Å². The Balaban J connectivity index is 1.63. The maximum absolute atomic E-state index is 14.6. The second-order valence-corrected chi connectivity index (χ2v) is 12.0. The third-order valence-corrected chi connectivity index (χ3v) is 8.31. The number of rotatable bonds is 11. The summed E-state index contributed by atoms with van der Waals surface area (Å²) < 4.78 is 78.3. The van der Waals surface area contributed by atoms with Crippen LogP contribution in [0.4, 0.5) is 13.2 Å². The predicted octanol–water partition coefficient (Wildman–Crippen LogP) is 2.97. The maximum atomic E-state index is 14.6. The fourth-order valence-electron chi connectivity index (χ4n) is 4.45. The summed E-state index contributed by atoms with van der Waals surface area (Å²) in [6.07, 6.45) is -11.5. The van der Waals surface area contributed by atoms with E-state index in [9.17, 15) is 42.3 Å². The first kappa shape index (κ1) is 32.6. The van der Waals surface area contributed by atoms with Gasteiger partial charge in [-0.05, 0) is 43.7 Å². The highest BCUT2D eigenvalue weighted by atomic mass is 31.2. The molecule has 2 aromatic carbocycles. The lowest BCUT2D eigenvalue weighted by Gasteiger charge is -2.33. The van der Waals surface area contributed by atoms with Gasteiger partial charge in [0.05, 0.1) is 19.1 Å². The molecule has 2 heterocycles. The molecule has 1 amide bonds. The number of halogens is 3. The summed E-state index contributed by atoms with van der Waals surface area (Å²) >= 11 is 0. The normalized spacial score (nSPS) is 26.5. The second kappa shape index (κ2) is 12.7. The number of benzene rings is 2. The number of alkyl halides is 2. The Morgan fingerprint density at radius 1 is 1.16 bits per heavy atom. The van der Waals surface area contributed by atoms with E-state index in [1.165, 1.54) is 19.1 Å². The van der Waals surface area contributed by atoms with Crippen molar-refractivity contribution < 1.29 is 60.9 Å². The summed E-state index contributed by atoms with van der Waals surface area (Å²) in [6, 6.07) is 10.2. The molecule has 1 unspecified atom stereocenters. The molecule has 234 valence electrons. The Morgan fingerprint density at radius 3 is 2.49 bits per heavy atom. The number of ether oxygens (including phenoxy) is 2. The lowest BCUT2D eigenvalue weighted by molar-refractivity contribution is -0.200. The van der Waals surface area contributed by atoms with E-state index in [0.717, 1.165) is 5.39 Å². The summed E-state index contributed by atoms with van der Waals surface area (Å²) in [5.41, 5.74) is -3.12. The number of nitrogens with one attached hydrogen (secondary N) is 1. The van der Waals surface area contributed by atoms with Crippen molar-refractivity contribution in [2.45, 2.75) is 69.8 Å². The Kier molecular flexibility index (Phi) is 9.64. The van der Waals surface area contributed by atoms with Crippen LogP contribution >= 0.6 is 7.75 Å². The number of nitrogens with zero attached hydrogens (tertiary/aromatic N) is 1. The van der Waals surface area contributed by atoms with Crippen molar-refractivity contribution in [2.24, 2.45) is 0 Å². The average Bonchev–Trinajstić information content (AvgIpc) is 3.19. The topological polar surface area (TPSA) is 161 Å². The first-order chi connectivity index (χ1) is 20.2. The zero-order valence-corrected chi connectivity index (χ0v) is 24.1. The summed E-state index contributed by atoms with van der Waals surface area (Å²) in [6.45, 7) is 3.00. The van der Waals surface area contributed by atoms with Gasteiger partial charge in [0, 0.05) is 6.20 Å². The highest BCUT2D eigenvalue weighted by Crippen LogP contribution is 2.49. The molecule has 6 atom stereocenters. The number of aliphatic hydroxyl groups is 2. The van der Waals surface area contributed by atoms with Crippen molar-refractivity contribution >= 4 is 36.2 Å². The monoisotopic (exact) mass is 630 g/mol. The van der Waals surface area contributed by atoms with Crippen LogP contribution in [0.1, 0.15) is 27.2 Å². The van der Waals surface area contributed by atoms with Crippen molar-refractivity contribution in [3.8, 4) is 5.75 Å². The molecular formula is C27H30F3N2O10P. The quantitative estimate of drug-likeness (QED) is 0.190. The Hall–Kier alpha value is -3.33. The third-order valence-electron chi connectivity index (χ3n) is 6.68. The van der Waals surface area contributed by atoms with Crippen molar-refractivity contribution in [2.75, 3.05) is 6.61 Å².